The van der Waals surface area contributed by atoms with Gasteiger partial charge in [-0.2, -0.15) is 0 Å². The molecule has 29 heavy (non-hydrogen) atoms. The van der Waals surface area contributed by atoms with Crippen molar-refractivity contribution in [1.82, 2.24) is 4.98 Å². The topological polar surface area (TPSA) is 70.5 Å². The van der Waals surface area contributed by atoms with Crippen LogP contribution >= 0.6 is 27.3 Å². The second-order valence-electron chi connectivity index (χ2n) is 6.85. The highest BCUT2D eigenvalue weighted by Crippen LogP contribution is 2.43. The highest BCUT2D eigenvalue weighted by Gasteiger charge is 2.48. The van der Waals surface area contributed by atoms with E-state index >= 15 is 0 Å². The lowest BCUT2D eigenvalue weighted by Gasteiger charge is -2.23. The minimum Gasteiger partial charge on any atom is -0.507 e. The molecule has 0 saturated carbocycles. The van der Waals surface area contributed by atoms with Crippen molar-refractivity contribution in [3.05, 3.63) is 86.3 Å². The van der Waals surface area contributed by atoms with Crippen LogP contribution in [-0.2, 0) is 9.59 Å². The maximum Gasteiger partial charge on any atom is 0.301 e. The molecule has 0 bridgehead atoms. The van der Waals surface area contributed by atoms with Gasteiger partial charge in [-0.15, -0.1) is 11.3 Å². The number of aromatic nitrogens is 1. The van der Waals surface area contributed by atoms with Gasteiger partial charge in [-0.1, -0.05) is 45.8 Å². The summed E-state index contributed by atoms with van der Waals surface area (Å²) in [4.78, 5) is 31.6. The number of Topliss-reactive ketones (excluding diaryl/α,β-unsaturated/α-hetero) is 1. The lowest BCUT2D eigenvalue weighted by Crippen LogP contribution is -2.29. The Balaban J connectivity index is 1.97. The lowest BCUT2D eigenvalue weighted by molar-refractivity contribution is -0.132. The quantitative estimate of drug-likeness (QED) is 0.327. The summed E-state index contributed by atoms with van der Waals surface area (Å²) in [5.74, 6) is -1.58. The van der Waals surface area contributed by atoms with E-state index in [2.05, 4.69) is 20.9 Å². The molecule has 1 atom stereocenters. The second kappa shape index (κ2) is 7.57. The highest BCUT2D eigenvalue weighted by molar-refractivity contribution is 9.10. The molecule has 2 aromatic carbocycles. The first-order valence-corrected chi connectivity index (χ1v) is 10.6. The van der Waals surface area contributed by atoms with E-state index in [1.165, 1.54) is 16.2 Å². The summed E-state index contributed by atoms with van der Waals surface area (Å²) in [6, 6.07) is 12.2. The van der Waals surface area contributed by atoms with E-state index in [-0.39, 0.29) is 11.3 Å². The maximum absolute atomic E-state index is 13.0. The fourth-order valence-corrected chi connectivity index (χ4v) is 4.39. The molecule has 1 amide bonds. The number of aryl methyl sites for hydroxylation is 2. The number of rotatable bonds is 3. The standard InChI is InChI=1S/C22H17BrN2O3S/c1-12-3-4-13(2)16(11-12)19(26)17-18(14-5-7-15(23)8-6-14)25(21(28)20(17)27)22-24-9-10-29-22/h3-11,18,26H,1-2H3. The normalized spacial score (nSPS) is 18.4. The van der Waals surface area contributed by atoms with Crippen LogP contribution < -0.4 is 4.90 Å². The minimum atomic E-state index is -0.755. The van der Waals surface area contributed by atoms with Crippen molar-refractivity contribution in [3.63, 3.8) is 0 Å². The average molecular weight is 469 g/mol. The molecule has 0 radical (unpaired) electrons. The van der Waals surface area contributed by atoms with Crippen LogP contribution in [0.1, 0.15) is 28.3 Å². The maximum atomic E-state index is 13.0. The van der Waals surface area contributed by atoms with Crippen LogP contribution in [0.3, 0.4) is 0 Å². The number of amides is 1. The number of carbonyl (C=O) groups excluding carboxylic acids is 2. The number of aliphatic hydroxyl groups excluding tert-OH is 1. The van der Waals surface area contributed by atoms with Crippen LogP contribution in [0.4, 0.5) is 5.13 Å². The molecule has 1 aliphatic heterocycles. The molecule has 0 spiro atoms. The number of anilines is 1. The fourth-order valence-electron chi connectivity index (χ4n) is 3.46. The van der Waals surface area contributed by atoms with Gasteiger partial charge in [0.1, 0.15) is 5.76 Å². The van der Waals surface area contributed by atoms with Gasteiger partial charge < -0.3 is 5.11 Å². The first-order chi connectivity index (χ1) is 13.9. The van der Waals surface area contributed by atoms with Gasteiger partial charge in [-0.05, 0) is 43.2 Å². The Kier molecular flexibility index (Phi) is 5.10. The third kappa shape index (κ3) is 3.41. The number of aliphatic hydroxyl groups is 1. The van der Waals surface area contributed by atoms with Gasteiger partial charge >= 0.3 is 5.91 Å². The Morgan fingerprint density at radius 3 is 2.52 bits per heavy atom. The number of hydrogen-bond donors (Lipinski definition) is 1. The molecule has 7 heteroatoms. The Hall–Kier alpha value is -2.77. The number of hydrogen-bond acceptors (Lipinski definition) is 5. The monoisotopic (exact) mass is 468 g/mol. The van der Waals surface area contributed by atoms with Crippen molar-refractivity contribution < 1.29 is 14.7 Å². The van der Waals surface area contributed by atoms with E-state index in [9.17, 15) is 14.7 Å². The number of ketones is 1. The molecule has 5 nitrogen and oxygen atoms in total. The molecule has 2 heterocycles. The molecule has 146 valence electrons. The first-order valence-electron chi connectivity index (χ1n) is 8.92. The van der Waals surface area contributed by atoms with Gasteiger partial charge in [0, 0.05) is 21.6 Å². The van der Waals surface area contributed by atoms with E-state index < -0.39 is 17.7 Å². The Labute approximate surface area is 180 Å². The smallest absolute Gasteiger partial charge is 0.301 e. The molecular weight excluding hydrogens is 452 g/mol. The molecule has 1 aliphatic rings. The SMILES string of the molecule is Cc1ccc(C)c(C(O)=C2C(=O)C(=O)N(c3nccs3)C2c2ccc(Br)cc2)c1. The molecule has 1 N–H and O–H groups in total. The number of nitrogens with zero attached hydrogens (tertiary/aromatic N) is 2. The van der Waals surface area contributed by atoms with Gasteiger partial charge in [-0.3, -0.25) is 14.5 Å². The molecule has 1 aromatic heterocycles. The lowest BCUT2D eigenvalue weighted by atomic mass is 9.93. The minimum absolute atomic E-state index is 0.0706. The van der Waals surface area contributed by atoms with Crippen LogP contribution in [0.5, 0.6) is 0 Å². The Morgan fingerprint density at radius 2 is 1.86 bits per heavy atom. The van der Waals surface area contributed by atoms with Crippen LogP contribution in [0.15, 0.2) is 64.1 Å². The summed E-state index contributed by atoms with van der Waals surface area (Å²) < 4.78 is 0.877. The van der Waals surface area contributed by atoms with Gasteiger partial charge in [0.05, 0.1) is 11.6 Å². The molecule has 1 saturated heterocycles. The van der Waals surface area contributed by atoms with Crippen molar-refractivity contribution in [3.8, 4) is 0 Å². The van der Waals surface area contributed by atoms with Gasteiger partial charge in [0.25, 0.3) is 5.78 Å². The Morgan fingerprint density at radius 1 is 1.14 bits per heavy atom. The second-order valence-corrected chi connectivity index (χ2v) is 8.64. The average Bonchev–Trinajstić information content (AvgIpc) is 3.31. The van der Waals surface area contributed by atoms with Crippen molar-refractivity contribution in [1.29, 1.82) is 0 Å². The summed E-state index contributed by atoms with van der Waals surface area (Å²) in [5, 5.41) is 13.3. The van der Waals surface area contributed by atoms with Gasteiger partial charge in [0.15, 0.2) is 5.13 Å². The molecule has 1 unspecified atom stereocenters. The van der Waals surface area contributed by atoms with E-state index in [1.54, 1.807) is 11.6 Å². The summed E-state index contributed by atoms with van der Waals surface area (Å²) in [5.41, 5.74) is 3.11. The van der Waals surface area contributed by atoms with Crippen molar-refractivity contribution in [2.24, 2.45) is 0 Å². The molecule has 3 aromatic rings. The van der Waals surface area contributed by atoms with Crippen molar-refractivity contribution >= 4 is 49.8 Å². The van der Waals surface area contributed by atoms with Crippen LogP contribution in [0, 0.1) is 13.8 Å². The van der Waals surface area contributed by atoms with E-state index in [0.717, 1.165) is 21.2 Å². The van der Waals surface area contributed by atoms with E-state index in [1.807, 2.05) is 56.3 Å². The van der Waals surface area contributed by atoms with E-state index in [0.29, 0.717) is 10.7 Å². The van der Waals surface area contributed by atoms with Gasteiger partial charge in [0.2, 0.25) is 0 Å². The predicted octanol–water partition coefficient (Wildman–Crippen LogP) is 5.15. The molecular formula is C22H17BrN2O3S. The zero-order valence-electron chi connectivity index (χ0n) is 15.7. The van der Waals surface area contributed by atoms with Gasteiger partial charge in [-0.25, -0.2) is 4.98 Å². The number of carbonyl (C=O) groups is 2. The number of thiazole rings is 1. The number of benzene rings is 2. The molecule has 1 fully saturated rings. The summed E-state index contributed by atoms with van der Waals surface area (Å²) >= 11 is 4.68. The summed E-state index contributed by atoms with van der Waals surface area (Å²) in [7, 11) is 0. The third-order valence-electron chi connectivity index (χ3n) is 4.90. The van der Waals surface area contributed by atoms with Crippen molar-refractivity contribution in [2.45, 2.75) is 19.9 Å². The van der Waals surface area contributed by atoms with Crippen LogP contribution in [-0.4, -0.2) is 21.8 Å². The molecule has 0 aliphatic carbocycles. The fraction of sp³-hybridized carbons (Fsp3) is 0.136. The van der Waals surface area contributed by atoms with Crippen molar-refractivity contribution in [2.75, 3.05) is 4.90 Å². The molecule has 4 rings (SSSR count). The zero-order chi connectivity index (χ0) is 20.7. The highest BCUT2D eigenvalue weighted by atomic mass is 79.9. The largest absolute Gasteiger partial charge is 0.507 e. The van der Waals surface area contributed by atoms with Crippen LogP contribution in [0.2, 0.25) is 0 Å². The van der Waals surface area contributed by atoms with Crippen LogP contribution in [0.25, 0.3) is 5.76 Å². The zero-order valence-corrected chi connectivity index (χ0v) is 18.1. The summed E-state index contributed by atoms with van der Waals surface area (Å²) in [6.07, 6.45) is 1.59. The Bertz CT molecular complexity index is 1140. The number of halogens is 1. The first kappa shape index (κ1) is 19.5. The van der Waals surface area contributed by atoms with E-state index in [4.69, 9.17) is 0 Å². The third-order valence-corrected chi connectivity index (χ3v) is 6.20. The predicted molar refractivity (Wildman–Crippen MR) is 117 cm³/mol. The summed E-state index contributed by atoms with van der Waals surface area (Å²) in [6.45, 7) is 3.77.